The first-order chi connectivity index (χ1) is 14.0. The Hall–Kier alpha value is -3.75. The Bertz CT molecular complexity index is 1050. The lowest BCUT2D eigenvalue weighted by Crippen LogP contribution is -2.24. The number of hydrogen-bond donors (Lipinski definition) is 1. The van der Waals surface area contributed by atoms with Gasteiger partial charge in [-0.3, -0.25) is 9.59 Å². The van der Waals surface area contributed by atoms with Crippen molar-refractivity contribution in [2.24, 2.45) is 5.73 Å². The van der Waals surface area contributed by atoms with Crippen molar-refractivity contribution in [2.75, 3.05) is 11.4 Å². The smallest absolute Gasteiger partial charge is 0.315 e. The maximum atomic E-state index is 13.2. The number of nitrogens with two attached hydrogens (primary N) is 1. The van der Waals surface area contributed by atoms with Gasteiger partial charge in [0.2, 0.25) is 5.91 Å². The lowest BCUT2D eigenvalue weighted by Gasteiger charge is -2.16. The second-order valence-corrected chi connectivity index (χ2v) is 6.64. The molecule has 0 radical (unpaired) electrons. The van der Waals surface area contributed by atoms with Gasteiger partial charge in [0.05, 0.1) is 0 Å². The summed E-state index contributed by atoms with van der Waals surface area (Å²) < 4.78 is 23.7. The maximum Gasteiger partial charge on any atom is 0.315 e. The van der Waals surface area contributed by atoms with Crippen LogP contribution in [0, 0.1) is 5.82 Å². The van der Waals surface area contributed by atoms with Gasteiger partial charge < -0.3 is 19.9 Å². The van der Waals surface area contributed by atoms with Crippen LogP contribution in [-0.4, -0.2) is 28.5 Å². The number of rotatable bonds is 6. The van der Waals surface area contributed by atoms with Gasteiger partial charge in [-0.25, -0.2) is 4.39 Å². The number of hydrogen-bond acceptors (Lipinski definition) is 6. The number of benzene rings is 2. The maximum absolute atomic E-state index is 13.2. The number of carbonyl (C=O) groups is 2. The molecule has 1 atom stereocenters. The Kier molecular flexibility index (Phi) is 4.94. The molecule has 1 aliphatic rings. The molecule has 1 fully saturated rings. The highest BCUT2D eigenvalue weighted by molar-refractivity contribution is 5.96. The summed E-state index contributed by atoms with van der Waals surface area (Å²) in [6, 6.07) is 13.2. The Balaban J connectivity index is 1.40. The van der Waals surface area contributed by atoms with Crippen molar-refractivity contribution >= 4 is 17.5 Å². The van der Waals surface area contributed by atoms with Gasteiger partial charge in [0.1, 0.15) is 18.2 Å². The molecular weight excluding hydrogens is 379 g/mol. The minimum absolute atomic E-state index is 0.0890. The molecule has 8 nitrogen and oxygen atoms in total. The quantitative estimate of drug-likeness (QED) is 0.685. The molecule has 2 N–H and O–H groups in total. The van der Waals surface area contributed by atoms with Crippen LogP contribution in [0.1, 0.15) is 34.4 Å². The van der Waals surface area contributed by atoms with E-state index >= 15 is 0 Å². The Morgan fingerprint density at radius 2 is 2.07 bits per heavy atom. The van der Waals surface area contributed by atoms with Crippen molar-refractivity contribution < 1.29 is 23.2 Å². The van der Waals surface area contributed by atoms with E-state index in [2.05, 4.69) is 10.1 Å². The molecule has 0 spiro atoms. The second kappa shape index (κ2) is 7.70. The monoisotopic (exact) mass is 396 g/mol. The first-order valence-electron chi connectivity index (χ1n) is 8.90. The van der Waals surface area contributed by atoms with Crippen molar-refractivity contribution in [2.45, 2.75) is 18.9 Å². The fraction of sp³-hybridized carbons (Fsp3) is 0.200. The van der Waals surface area contributed by atoms with Crippen LogP contribution in [0.15, 0.2) is 53.1 Å². The number of amides is 2. The summed E-state index contributed by atoms with van der Waals surface area (Å²) in [5.74, 6) is -0.884. The molecule has 3 aromatic rings. The molecule has 0 aliphatic carbocycles. The average Bonchev–Trinajstić information content (AvgIpc) is 3.34. The van der Waals surface area contributed by atoms with Crippen molar-refractivity contribution in [3.05, 3.63) is 71.6 Å². The van der Waals surface area contributed by atoms with Gasteiger partial charge in [0, 0.05) is 24.6 Å². The van der Waals surface area contributed by atoms with E-state index in [1.54, 1.807) is 41.3 Å². The molecule has 0 unspecified atom stereocenters. The van der Waals surface area contributed by atoms with Crippen LogP contribution in [-0.2, 0) is 11.4 Å². The molecule has 4 rings (SSSR count). The second-order valence-electron chi connectivity index (χ2n) is 6.64. The summed E-state index contributed by atoms with van der Waals surface area (Å²) in [5.41, 5.74) is 6.54. The molecule has 1 aromatic heterocycles. The van der Waals surface area contributed by atoms with Crippen LogP contribution >= 0.6 is 0 Å². The van der Waals surface area contributed by atoms with E-state index in [0.717, 1.165) is 5.56 Å². The summed E-state index contributed by atoms with van der Waals surface area (Å²) in [6.45, 7) is 0.599. The normalized spacial score (nSPS) is 16.2. The van der Waals surface area contributed by atoms with E-state index in [9.17, 15) is 14.0 Å². The van der Waals surface area contributed by atoms with Crippen molar-refractivity contribution in [1.82, 2.24) is 10.1 Å². The van der Waals surface area contributed by atoms with Gasteiger partial charge in [-0.1, -0.05) is 17.3 Å². The number of halogens is 1. The number of anilines is 1. The third-order valence-corrected chi connectivity index (χ3v) is 4.59. The predicted octanol–water partition coefficient (Wildman–Crippen LogP) is 2.41. The van der Waals surface area contributed by atoms with E-state index in [-0.39, 0.29) is 42.4 Å². The molecule has 2 amide bonds. The highest BCUT2D eigenvalue weighted by Gasteiger charge is 2.34. The lowest BCUT2D eigenvalue weighted by molar-refractivity contribution is -0.117. The fourth-order valence-corrected chi connectivity index (χ4v) is 3.15. The highest BCUT2D eigenvalue weighted by atomic mass is 19.1. The molecule has 0 bridgehead atoms. The molecule has 148 valence electrons. The van der Waals surface area contributed by atoms with Gasteiger partial charge in [0.25, 0.3) is 0 Å². The van der Waals surface area contributed by atoms with Crippen molar-refractivity contribution in [1.29, 1.82) is 0 Å². The topological polar surface area (TPSA) is 112 Å². The average molecular weight is 396 g/mol. The third kappa shape index (κ3) is 4.08. The summed E-state index contributed by atoms with van der Waals surface area (Å²) in [6.07, 6.45) is 0.204. The largest absolute Gasteiger partial charge is 0.489 e. The number of primary amides is 1. The zero-order valence-electron chi connectivity index (χ0n) is 15.2. The van der Waals surface area contributed by atoms with Crippen LogP contribution < -0.4 is 15.4 Å². The minimum Gasteiger partial charge on any atom is -0.489 e. The third-order valence-electron chi connectivity index (χ3n) is 4.59. The zero-order chi connectivity index (χ0) is 20.4. The van der Waals surface area contributed by atoms with Crippen LogP contribution in [0.5, 0.6) is 5.75 Å². The Morgan fingerprint density at radius 3 is 2.76 bits per heavy atom. The first-order valence-corrected chi connectivity index (χ1v) is 8.90. The summed E-state index contributed by atoms with van der Waals surface area (Å²) in [4.78, 5) is 29.1. The first kappa shape index (κ1) is 18.6. The van der Waals surface area contributed by atoms with Crippen molar-refractivity contribution in [3.8, 4) is 5.75 Å². The lowest BCUT2D eigenvalue weighted by atomic mass is 10.1. The van der Waals surface area contributed by atoms with Gasteiger partial charge in [-0.15, -0.1) is 0 Å². The number of aromatic nitrogens is 2. The molecule has 2 heterocycles. The van der Waals surface area contributed by atoms with Gasteiger partial charge in [0.15, 0.2) is 5.82 Å². The van der Waals surface area contributed by atoms with Crippen LogP contribution in [0.3, 0.4) is 0 Å². The molecule has 2 aromatic carbocycles. The fourth-order valence-electron chi connectivity index (χ4n) is 3.15. The highest BCUT2D eigenvalue weighted by Crippen LogP contribution is 2.31. The van der Waals surface area contributed by atoms with E-state index in [1.165, 1.54) is 12.1 Å². The zero-order valence-corrected chi connectivity index (χ0v) is 15.2. The van der Waals surface area contributed by atoms with Gasteiger partial charge in [-0.05, 0) is 42.0 Å². The Morgan fingerprint density at radius 1 is 1.28 bits per heavy atom. The van der Waals surface area contributed by atoms with Crippen LogP contribution in [0.25, 0.3) is 0 Å². The standard InChI is InChI=1S/C20H17FN4O4/c21-14-3-1-2-12(8-14)11-28-16-6-4-15(5-7-16)25-10-13(9-17(25)26)19-23-20(18(22)27)29-24-19/h1-8,13H,9-11H2,(H2,22,27)/t13-/m1/s1. The van der Waals surface area contributed by atoms with Crippen LogP contribution in [0.2, 0.25) is 0 Å². The van der Waals surface area contributed by atoms with E-state index < -0.39 is 5.91 Å². The van der Waals surface area contributed by atoms with Gasteiger partial charge in [-0.2, -0.15) is 4.98 Å². The summed E-state index contributed by atoms with van der Waals surface area (Å²) in [7, 11) is 0. The number of carbonyl (C=O) groups excluding carboxylic acids is 2. The van der Waals surface area contributed by atoms with Crippen molar-refractivity contribution in [3.63, 3.8) is 0 Å². The SMILES string of the molecule is NC(=O)c1nc([C@@H]2CC(=O)N(c3ccc(OCc4cccc(F)c4)cc3)C2)no1. The molecular formula is C20H17FN4O4. The number of ether oxygens (including phenoxy) is 1. The minimum atomic E-state index is -0.807. The summed E-state index contributed by atoms with van der Waals surface area (Å²) >= 11 is 0. The van der Waals surface area contributed by atoms with E-state index in [4.69, 9.17) is 15.0 Å². The van der Waals surface area contributed by atoms with E-state index in [1.807, 2.05) is 0 Å². The molecule has 1 aliphatic heterocycles. The van der Waals surface area contributed by atoms with E-state index in [0.29, 0.717) is 18.0 Å². The molecule has 1 saturated heterocycles. The predicted molar refractivity (Wildman–Crippen MR) is 99.7 cm³/mol. The molecule has 0 saturated carbocycles. The van der Waals surface area contributed by atoms with Gasteiger partial charge >= 0.3 is 11.8 Å². The van der Waals surface area contributed by atoms with Crippen LogP contribution in [0.4, 0.5) is 10.1 Å². The summed E-state index contributed by atoms with van der Waals surface area (Å²) in [5, 5.41) is 3.74. The Labute approximate surface area is 165 Å². The molecule has 9 heteroatoms. The molecule has 29 heavy (non-hydrogen) atoms. The number of nitrogens with zero attached hydrogens (tertiary/aromatic N) is 3.